The van der Waals surface area contributed by atoms with Gasteiger partial charge in [-0.05, 0) is 42.9 Å². The lowest BCUT2D eigenvalue weighted by Crippen LogP contribution is -2.36. The van der Waals surface area contributed by atoms with Crippen molar-refractivity contribution < 1.29 is 8.42 Å². The molecule has 0 N–H and O–H groups in total. The van der Waals surface area contributed by atoms with Crippen LogP contribution < -0.4 is 0 Å². The number of sulfonamides is 1. The van der Waals surface area contributed by atoms with Crippen molar-refractivity contribution in [1.82, 2.24) is 4.31 Å². The minimum atomic E-state index is -3.30. The maximum atomic E-state index is 12.8. The van der Waals surface area contributed by atoms with Crippen LogP contribution in [-0.4, -0.2) is 25.8 Å². The summed E-state index contributed by atoms with van der Waals surface area (Å²) in [5.74, 6) is 0. The van der Waals surface area contributed by atoms with Gasteiger partial charge in [0.1, 0.15) is 0 Å². The predicted octanol–water partition coefficient (Wildman–Crippen LogP) is 2.99. The highest BCUT2D eigenvalue weighted by molar-refractivity contribution is 7.89. The number of nitrogens with zero attached hydrogens (tertiary/aromatic N) is 1. The summed E-state index contributed by atoms with van der Waals surface area (Å²) in [6.07, 6.45) is 4.73. The molecule has 0 aliphatic carbocycles. The third-order valence-electron chi connectivity index (χ3n) is 3.85. The van der Waals surface area contributed by atoms with Crippen LogP contribution in [0.2, 0.25) is 0 Å². The van der Waals surface area contributed by atoms with Gasteiger partial charge < -0.3 is 0 Å². The molecule has 2 rings (SSSR count). The van der Waals surface area contributed by atoms with E-state index in [0.717, 1.165) is 43.2 Å². The van der Waals surface area contributed by atoms with Gasteiger partial charge in [-0.15, -0.1) is 0 Å². The standard InChI is InChI=1S/C15H23NO2S/c1-3-13-8-9-14(4-2)15(12-13)19(17,18)16-10-6-5-7-11-16/h8-9,12H,3-7,10-11H2,1-2H3. The van der Waals surface area contributed by atoms with Crippen molar-refractivity contribution in [2.75, 3.05) is 13.1 Å². The molecule has 1 aliphatic rings. The van der Waals surface area contributed by atoms with E-state index in [9.17, 15) is 8.42 Å². The highest BCUT2D eigenvalue weighted by Crippen LogP contribution is 2.25. The second-order valence-electron chi connectivity index (χ2n) is 5.11. The molecule has 0 aromatic heterocycles. The van der Waals surface area contributed by atoms with E-state index in [1.165, 1.54) is 0 Å². The molecule has 0 amide bonds. The van der Waals surface area contributed by atoms with E-state index < -0.39 is 10.0 Å². The summed E-state index contributed by atoms with van der Waals surface area (Å²) >= 11 is 0. The summed E-state index contributed by atoms with van der Waals surface area (Å²) in [6.45, 7) is 5.40. The van der Waals surface area contributed by atoms with Crippen LogP contribution >= 0.6 is 0 Å². The van der Waals surface area contributed by atoms with Gasteiger partial charge in [-0.25, -0.2) is 8.42 Å². The molecule has 106 valence electrons. The highest BCUT2D eigenvalue weighted by Gasteiger charge is 2.27. The van der Waals surface area contributed by atoms with E-state index in [1.807, 2.05) is 25.1 Å². The zero-order valence-electron chi connectivity index (χ0n) is 11.9. The largest absolute Gasteiger partial charge is 0.243 e. The van der Waals surface area contributed by atoms with E-state index in [0.29, 0.717) is 18.0 Å². The molecule has 0 radical (unpaired) electrons. The minimum Gasteiger partial charge on any atom is -0.207 e. The number of hydrogen-bond donors (Lipinski definition) is 0. The van der Waals surface area contributed by atoms with Crippen LogP contribution in [-0.2, 0) is 22.9 Å². The molecule has 0 unspecified atom stereocenters. The SMILES string of the molecule is CCc1ccc(CC)c(S(=O)(=O)N2CCCCC2)c1. The Bertz CT molecular complexity index is 531. The van der Waals surface area contributed by atoms with E-state index in [-0.39, 0.29) is 0 Å². The van der Waals surface area contributed by atoms with Gasteiger partial charge in [0.05, 0.1) is 4.90 Å². The number of benzene rings is 1. The quantitative estimate of drug-likeness (QED) is 0.851. The monoisotopic (exact) mass is 281 g/mol. The van der Waals surface area contributed by atoms with Crippen LogP contribution in [0.25, 0.3) is 0 Å². The van der Waals surface area contributed by atoms with Crippen molar-refractivity contribution in [3.8, 4) is 0 Å². The van der Waals surface area contributed by atoms with Gasteiger partial charge >= 0.3 is 0 Å². The van der Waals surface area contributed by atoms with Crippen molar-refractivity contribution in [1.29, 1.82) is 0 Å². The van der Waals surface area contributed by atoms with Crippen molar-refractivity contribution in [2.24, 2.45) is 0 Å². The Morgan fingerprint density at radius 1 is 1.05 bits per heavy atom. The molecular formula is C15H23NO2S. The molecule has 0 spiro atoms. The zero-order chi connectivity index (χ0) is 13.9. The Balaban J connectivity index is 2.43. The maximum absolute atomic E-state index is 12.8. The summed E-state index contributed by atoms with van der Waals surface area (Å²) in [4.78, 5) is 0.524. The second kappa shape index (κ2) is 6.06. The van der Waals surface area contributed by atoms with Crippen molar-refractivity contribution in [3.63, 3.8) is 0 Å². The van der Waals surface area contributed by atoms with Crippen LogP contribution in [0.1, 0.15) is 44.2 Å². The van der Waals surface area contributed by atoms with Gasteiger partial charge in [-0.1, -0.05) is 32.4 Å². The lowest BCUT2D eigenvalue weighted by atomic mass is 10.1. The first-order chi connectivity index (χ1) is 9.09. The summed E-state index contributed by atoms with van der Waals surface area (Å²) < 4.78 is 27.2. The van der Waals surface area contributed by atoms with Crippen LogP contribution in [0.4, 0.5) is 0 Å². The molecule has 4 heteroatoms. The van der Waals surface area contributed by atoms with Gasteiger partial charge in [0.2, 0.25) is 10.0 Å². The molecular weight excluding hydrogens is 258 g/mol. The lowest BCUT2D eigenvalue weighted by Gasteiger charge is -2.27. The zero-order valence-corrected chi connectivity index (χ0v) is 12.7. The van der Waals surface area contributed by atoms with Crippen molar-refractivity contribution in [3.05, 3.63) is 29.3 Å². The highest BCUT2D eigenvalue weighted by atomic mass is 32.2. The van der Waals surface area contributed by atoms with E-state index in [4.69, 9.17) is 0 Å². The fraction of sp³-hybridized carbons (Fsp3) is 0.600. The first kappa shape index (κ1) is 14.5. The van der Waals surface area contributed by atoms with Gasteiger partial charge in [-0.3, -0.25) is 0 Å². The Kier molecular flexibility index (Phi) is 4.63. The van der Waals surface area contributed by atoms with Gasteiger partial charge in [0, 0.05) is 13.1 Å². The van der Waals surface area contributed by atoms with Crippen LogP contribution in [0.5, 0.6) is 0 Å². The normalized spacial score (nSPS) is 17.6. The second-order valence-corrected chi connectivity index (χ2v) is 7.02. The van der Waals surface area contributed by atoms with E-state index in [1.54, 1.807) is 4.31 Å². The number of aryl methyl sites for hydroxylation is 2. The van der Waals surface area contributed by atoms with Crippen LogP contribution in [0.3, 0.4) is 0 Å². The minimum absolute atomic E-state index is 0.524. The number of piperidine rings is 1. The lowest BCUT2D eigenvalue weighted by molar-refractivity contribution is 0.346. The van der Waals surface area contributed by atoms with E-state index in [2.05, 4.69) is 6.92 Å². The summed E-state index contributed by atoms with van der Waals surface area (Å²) in [6, 6.07) is 5.87. The average Bonchev–Trinajstić information content (AvgIpc) is 2.47. The number of hydrogen-bond acceptors (Lipinski definition) is 2. The molecule has 3 nitrogen and oxygen atoms in total. The van der Waals surface area contributed by atoms with Gasteiger partial charge in [0.25, 0.3) is 0 Å². The summed E-state index contributed by atoms with van der Waals surface area (Å²) in [5.41, 5.74) is 2.02. The molecule has 1 aliphatic heterocycles. The topological polar surface area (TPSA) is 37.4 Å². The van der Waals surface area contributed by atoms with Crippen molar-refractivity contribution in [2.45, 2.75) is 50.8 Å². The van der Waals surface area contributed by atoms with Gasteiger partial charge in [-0.2, -0.15) is 4.31 Å². The average molecular weight is 281 g/mol. The molecule has 1 fully saturated rings. The Morgan fingerprint density at radius 3 is 2.32 bits per heavy atom. The molecule has 1 aromatic rings. The predicted molar refractivity (Wildman–Crippen MR) is 77.8 cm³/mol. The Hall–Kier alpha value is -0.870. The molecule has 0 atom stereocenters. The molecule has 1 heterocycles. The third-order valence-corrected chi connectivity index (χ3v) is 5.83. The third kappa shape index (κ3) is 3.00. The fourth-order valence-corrected chi connectivity index (χ4v) is 4.46. The Morgan fingerprint density at radius 2 is 1.74 bits per heavy atom. The summed E-state index contributed by atoms with van der Waals surface area (Å²) in [7, 11) is -3.30. The van der Waals surface area contributed by atoms with Crippen molar-refractivity contribution >= 4 is 10.0 Å². The molecule has 1 aromatic carbocycles. The number of rotatable bonds is 4. The first-order valence-corrected chi connectivity index (χ1v) is 8.65. The molecule has 19 heavy (non-hydrogen) atoms. The van der Waals surface area contributed by atoms with Crippen LogP contribution in [0, 0.1) is 0 Å². The Labute approximate surface area is 116 Å². The molecule has 1 saturated heterocycles. The van der Waals surface area contributed by atoms with Crippen LogP contribution in [0.15, 0.2) is 23.1 Å². The first-order valence-electron chi connectivity index (χ1n) is 7.21. The molecule has 0 saturated carbocycles. The maximum Gasteiger partial charge on any atom is 0.243 e. The van der Waals surface area contributed by atoms with E-state index >= 15 is 0 Å². The molecule has 0 bridgehead atoms. The fourth-order valence-electron chi connectivity index (χ4n) is 2.60. The summed E-state index contributed by atoms with van der Waals surface area (Å²) in [5, 5.41) is 0. The van der Waals surface area contributed by atoms with Gasteiger partial charge in [0.15, 0.2) is 0 Å². The smallest absolute Gasteiger partial charge is 0.207 e.